The summed E-state index contributed by atoms with van der Waals surface area (Å²) in [5.41, 5.74) is -3.44. The number of hydrogen-bond acceptors (Lipinski definition) is 3. The lowest BCUT2D eigenvalue weighted by atomic mass is 10.3. The van der Waals surface area contributed by atoms with Crippen molar-refractivity contribution in [2.24, 2.45) is 0 Å². The quantitative estimate of drug-likeness (QED) is 0.470. The van der Waals surface area contributed by atoms with Crippen molar-refractivity contribution >= 4 is 5.97 Å². The molecule has 1 heterocycles. The van der Waals surface area contributed by atoms with E-state index in [-0.39, 0.29) is 0 Å². The molecule has 0 atom stereocenters. The summed E-state index contributed by atoms with van der Waals surface area (Å²) in [6.45, 7) is 0. The van der Waals surface area contributed by atoms with Gasteiger partial charge in [-0.15, -0.1) is 0 Å². The topological polar surface area (TPSA) is 103 Å². The van der Waals surface area contributed by atoms with Crippen LogP contribution in [0.5, 0.6) is 0 Å². The Labute approximate surface area is 63.7 Å². The van der Waals surface area contributed by atoms with Gasteiger partial charge < -0.3 is 5.11 Å². The van der Waals surface area contributed by atoms with Crippen LogP contribution >= 0.6 is 0 Å². The van der Waals surface area contributed by atoms with Crippen molar-refractivity contribution in [3.63, 3.8) is 0 Å². The number of carboxylic acids is 1. The van der Waals surface area contributed by atoms with Gasteiger partial charge in [0.05, 0.1) is 0 Å². The Balaban J connectivity index is 3.60. The van der Waals surface area contributed by atoms with Crippen LogP contribution in [-0.4, -0.2) is 21.0 Å². The molecule has 1 rings (SSSR count). The van der Waals surface area contributed by atoms with Crippen LogP contribution in [0.3, 0.4) is 0 Å². The largest absolute Gasteiger partial charge is 0.477 e. The van der Waals surface area contributed by atoms with Crippen LogP contribution in [0.25, 0.3) is 0 Å². The summed E-state index contributed by atoms with van der Waals surface area (Å²) in [5, 5.41) is 8.26. The van der Waals surface area contributed by atoms with Gasteiger partial charge in [-0.1, -0.05) is 0 Å². The van der Waals surface area contributed by atoms with Gasteiger partial charge in [0.15, 0.2) is 5.56 Å². The van der Waals surface area contributed by atoms with Crippen LogP contribution in [0.1, 0.15) is 10.4 Å². The predicted molar refractivity (Wildman–Crippen MR) is 34.6 cm³/mol. The second-order valence-corrected chi connectivity index (χ2v) is 1.90. The van der Waals surface area contributed by atoms with Gasteiger partial charge >= 0.3 is 11.7 Å². The number of aromatic amines is 2. The zero-order valence-electron chi connectivity index (χ0n) is 5.55. The van der Waals surface area contributed by atoms with Crippen molar-refractivity contribution in [3.05, 3.63) is 32.3 Å². The minimum Gasteiger partial charge on any atom is -0.477 e. The monoisotopic (exact) mass is 174 g/mol. The highest BCUT2D eigenvalue weighted by atomic mass is 19.1. The third kappa shape index (κ3) is 1.24. The molecular weight excluding hydrogens is 171 g/mol. The van der Waals surface area contributed by atoms with E-state index < -0.39 is 28.7 Å². The standard InChI is InChI=1S/C5H3FN2O4/c6-2-1(4(10)11)3(9)8-5(12)7-2/h(H,10,11)(H2,7,8,9,12). The summed E-state index contributed by atoms with van der Waals surface area (Å²) in [4.78, 5) is 34.2. The van der Waals surface area contributed by atoms with E-state index in [1.165, 1.54) is 4.98 Å². The molecule has 0 bridgehead atoms. The molecule has 0 fully saturated rings. The van der Waals surface area contributed by atoms with E-state index in [1.54, 1.807) is 4.98 Å². The van der Waals surface area contributed by atoms with Crippen LogP contribution in [0.2, 0.25) is 0 Å². The number of H-pyrrole nitrogens is 2. The molecule has 12 heavy (non-hydrogen) atoms. The van der Waals surface area contributed by atoms with Crippen molar-refractivity contribution in [2.45, 2.75) is 0 Å². The molecule has 1 aromatic heterocycles. The highest BCUT2D eigenvalue weighted by Crippen LogP contribution is 1.92. The van der Waals surface area contributed by atoms with E-state index in [1.807, 2.05) is 0 Å². The minimum absolute atomic E-state index is 1.08. The molecule has 6 nitrogen and oxygen atoms in total. The van der Waals surface area contributed by atoms with Gasteiger partial charge in [-0.3, -0.25) is 14.8 Å². The maximum atomic E-state index is 12.5. The minimum atomic E-state index is -1.73. The molecule has 1 aromatic rings. The second kappa shape index (κ2) is 2.61. The fourth-order valence-electron chi connectivity index (χ4n) is 0.650. The van der Waals surface area contributed by atoms with Crippen molar-refractivity contribution in [1.82, 2.24) is 9.97 Å². The Bertz CT molecular complexity index is 432. The lowest BCUT2D eigenvalue weighted by Gasteiger charge is -1.92. The molecule has 0 radical (unpaired) electrons. The van der Waals surface area contributed by atoms with Crippen LogP contribution in [-0.2, 0) is 0 Å². The molecule has 0 amide bonds. The Morgan fingerprint density at radius 2 is 1.92 bits per heavy atom. The van der Waals surface area contributed by atoms with Crippen molar-refractivity contribution in [1.29, 1.82) is 0 Å². The molecule has 0 aliphatic rings. The highest BCUT2D eigenvalue weighted by Gasteiger charge is 2.15. The van der Waals surface area contributed by atoms with E-state index in [0.717, 1.165) is 0 Å². The lowest BCUT2D eigenvalue weighted by molar-refractivity contribution is 0.0688. The average molecular weight is 174 g/mol. The number of rotatable bonds is 1. The van der Waals surface area contributed by atoms with Gasteiger partial charge in [0.1, 0.15) is 0 Å². The fraction of sp³-hybridized carbons (Fsp3) is 0. The van der Waals surface area contributed by atoms with Crippen LogP contribution in [0.4, 0.5) is 4.39 Å². The molecule has 7 heteroatoms. The second-order valence-electron chi connectivity index (χ2n) is 1.90. The number of aromatic carboxylic acids is 1. The van der Waals surface area contributed by atoms with E-state index >= 15 is 0 Å². The van der Waals surface area contributed by atoms with Crippen LogP contribution < -0.4 is 11.2 Å². The van der Waals surface area contributed by atoms with Gasteiger partial charge in [-0.2, -0.15) is 4.39 Å². The first-order valence-electron chi connectivity index (χ1n) is 2.77. The maximum absolute atomic E-state index is 12.5. The molecule has 0 spiro atoms. The summed E-state index contributed by atoms with van der Waals surface area (Å²) in [6.07, 6.45) is 0. The summed E-state index contributed by atoms with van der Waals surface area (Å²) < 4.78 is 12.5. The van der Waals surface area contributed by atoms with Gasteiger partial charge in [0, 0.05) is 0 Å². The lowest BCUT2D eigenvalue weighted by Crippen LogP contribution is -2.29. The van der Waals surface area contributed by atoms with E-state index in [4.69, 9.17) is 5.11 Å². The van der Waals surface area contributed by atoms with Crippen molar-refractivity contribution in [3.8, 4) is 0 Å². The molecule has 64 valence electrons. The maximum Gasteiger partial charge on any atom is 0.346 e. The Morgan fingerprint density at radius 3 is 2.33 bits per heavy atom. The number of nitrogens with one attached hydrogen (secondary N) is 2. The zero-order chi connectivity index (χ0) is 9.30. The normalized spacial score (nSPS) is 9.75. The molecule has 0 saturated carbocycles. The first-order valence-corrected chi connectivity index (χ1v) is 2.77. The Hall–Kier alpha value is -1.92. The SMILES string of the molecule is O=C(O)c1c(F)[nH]c(=O)[nH]c1=O. The van der Waals surface area contributed by atoms with Gasteiger partial charge in [-0.05, 0) is 0 Å². The Morgan fingerprint density at radius 1 is 1.33 bits per heavy atom. The first kappa shape index (κ1) is 8.18. The van der Waals surface area contributed by atoms with Crippen molar-refractivity contribution < 1.29 is 14.3 Å². The highest BCUT2D eigenvalue weighted by molar-refractivity contribution is 5.86. The summed E-state index contributed by atoms with van der Waals surface area (Å²) in [6, 6.07) is 0. The molecule has 3 N–H and O–H groups in total. The molecule has 0 aromatic carbocycles. The van der Waals surface area contributed by atoms with E-state index in [2.05, 4.69) is 0 Å². The summed E-state index contributed by atoms with van der Waals surface area (Å²) in [5.74, 6) is -3.18. The fourth-order valence-corrected chi connectivity index (χ4v) is 0.650. The third-order valence-electron chi connectivity index (χ3n) is 1.11. The van der Waals surface area contributed by atoms with Crippen molar-refractivity contribution in [2.75, 3.05) is 0 Å². The van der Waals surface area contributed by atoms with Gasteiger partial charge in [-0.25, -0.2) is 9.59 Å². The number of halogens is 1. The third-order valence-corrected chi connectivity index (χ3v) is 1.11. The Kier molecular flexibility index (Phi) is 1.78. The van der Waals surface area contributed by atoms with E-state index in [9.17, 15) is 18.8 Å². The molecular formula is C5H3FN2O4. The van der Waals surface area contributed by atoms with Crippen LogP contribution in [0, 0.1) is 5.95 Å². The number of carbonyl (C=O) groups is 1. The summed E-state index contributed by atoms with van der Waals surface area (Å²) in [7, 11) is 0. The van der Waals surface area contributed by atoms with Gasteiger partial charge in [0.2, 0.25) is 5.95 Å². The predicted octanol–water partition coefficient (Wildman–Crippen LogP) is -1.10. The van der Waals surface area contributed by atoms with Gasteiger partial charge in [0.25, 0.3) is 5.56 Å². The molecule has 0 aliphatic heterocycles. The number of aromatic nitrogens is 2. The first-order chi connectivity index (χ1) is 5.52. The number of carboxylic acid groups (broad SMARTS) is 1. The van der Waals surface area contributed by atoms with Crippen LogP contribution in [0.15, 0.2) is 9.59 Å². The molecule has 0 saturated heterocycles. The summed E-state index contributed by atoms with van der Waals surface area (Å²) >= 11 is 0. The van der Waals surface area contributed by atoms with E-state index in [0.29, 0.717) is 0 Å². The molecule has 0 unspecified atom stereocenters. The molecule has 0 aliphatic carbocycles. The zero-order valence-corrected chi connectivity index (χ0v) is 5.55. The number of hydrogen-bond donors (Lipinski definition) is 3. The average Bonchev–Trinajstić information content (AvgIpc) is 1.82. The smallest absolute Gasteiger partial charge is 0.346 e.